The zero-order valence-corrected chi connectivity index (χ0v) is 9.54. The number of hydrogen-bond acceptors (Lipinski definition) is 3. The summed E-state index contributed by atoms with van der Waals surface area (Å²) >= 11 is 1.70. The highest BCUT2D eigenvalue weighted by atomic mass is 32.1. The lowest BCUT2D eigenvalue weighted by Gasteiger charge is -2.00. The fourth-order valence-corrected chi connectivity index (χ4v) is 2.55. The van der Waals surface area contributed by atoms with Crippen molar-refractivity contribution in [3.05, 3.63) is 35.7 Å². The van der Waals surface area contributed by atoms with Crippen LogP contribution >= 0.6 is 11.3 Å². The average molecular weight is 230 g/mol. The monoisotopic (exact) mass is 230 g/mol. The molecule has 0 aliphatic carbocycles. The molecule has 2 aromatic heterocycles. The first-order valence-electron chi connectivity index (χ1n) is 4.94. The molecule has 0 atom stereocenters. The fraction of sp³-hybridized carbons (Fsp3) is 0.0833. The third-order valence-corrected chi connectivity index (χ3v) is 3.45. The van der Waals surface area contributed by atoms with Gasteiger partial charge < -0.3 is 4.74 Å². The summed E-state index contributed by atoms with van der Waals surface area (Å²) in [5, 5.41) is 9.42. The topological polar surface area (TPSA) is 37.9 Å². The van der Waals surface area contributed by atoms with E-state index in [1.807, 2.05) is 30.3 Å². The molecule has 3 aromatic rings. The SMILES string of the molecule is COc1ccc(-c2n[nH]c3ccsc23)cc1. The number of ether oxygens (including phenoxy) is 1. The average Bonchev–Trinajstić information content (AvgIpc) is 2.91. The van der Waals surface area contributed by atoms with Crippen LogP contribution in [-0.2, 0) is 0 Å². The molecular formula is C12H10N2OS. The van der Waals surface area contributed by atoms with E-state index in [1.54, 1.807) is 18.4 Å². The van der Waals surface area contributed by atoms with Crippen molar-refractivity contribution in [3.8, 4) is 17.0 Å². The number of nitrogens with one attached hydrogen (secondary N) is 1. The second-order valence-electron chi connectivity index (χ2n) is 3.46. The predicted molar refractivity (Wildman–Crippen MR) is 66.0 cm³/mol. The number of aromatic nitrogens is 2. The third-order valence-electron chi connectivity index (χ3n) is 2.53. The highest BCUT2D eigenvalue weighted by Gasteiger charge is 2.08. The summed E-state index contributed by atoms with van der Waals surface area (Å²) in [5.41, 5.74) is 3.21. The van der Waals surface area contributed by atoms with E-state index in [4.69, 9.17) is 4.74 Å². The first kappa shape index (κ1) is 9.42. The lowest BCUT2D eigenvalue weighted by Crippen LogP contribution is -1.82. The van der Waals surface area contributed by atoms with Crippen LogP contribution in [-0.4, -0.2) is 17.3 Å². The summed E-state index contributed by atoms with van der Waals surface area (Å²) in [6, 6.07) is 9.98. The number of thiophene rings is 1. The molecule has 80 valence electrons. The summed E-state index contributed by atoms with van der Waals surface area (Å²) in [5.74, 6) is 0.863. The van der Waals surface area contributed by atoms with E-state index in [2.05, 4.69) is 15.6 Å². The van der Waals surface area contributed by atoms with E-state index in [9.17, 15) is 0 Å². The molecule has 0 spiro atoms. The molecule has 0 aliphatic rings. The summed E-state index contributed by atoms with van der Waals surface area (Å²) < 4.78 is 6.33. The molecule has 16 heavy (non-hydrogen) atoms. The molecule has 4 heteroatoms. The molecule has 0 amide bonds. The molecule has 0 bridgehead atoms. The molecule has 0 fully saturated rings. The van der Waals surface area contributed by atoms with Crippen molar-refractivity contribution in [2.45, 2.75) is 0 Å². The van der Waals surface area contributed by atoms with Crippen LogP contribution in [0.5, 0.6) is 5.75 Å². The zero-order valence-electron chi connectivity index (χ0n) is 8.73. The molecule has 0 unspecified atom stereocenters. The molecule has 1 aromatic carbocycles. The van der Waals surface area contributed by atoms with Crippen molar-refractivity contribution in [2.75, 3.05) is 7.11 Å². The van der Waals surface area contributed by atoms with Gasteiger partial charge in [0.1, 0.15) is 11.4 Å². The molecule has 3 nitrogen and oxygen atoms in total. The zero-order chi connectivity index (χ0) is 11.0. The molecule has 0 radical (unpaired) electrons. The van der Waals surface area contributed by atoms with Crippen molar-refractivity contribution < 1.29 is 4.74 Å². The molecule has 2 heterocycles. The summed E-state index contributed by atoms with van der Waals surface area (Å²) in [6.45, 7) is 0. The lowest BCUT2D eigenvalue weighted by molar-refractivity contribution is 0.415. The third kappa shape index (κ3) is 1.39. The van der Waals surface area contributed by atoms with Crippen LogP contribution in [0, 0.1) is 0 Å². The Kier molecular flexibility index (Phi) is 2.15. The van der Waals surface area contributed by atoms with Gasteiger partial charge in [0.25, 0.3) is 0 Å². The van der Waals surface area contributed by atoms with Gasteiger partial charge in [0, 0.05) is 5.56 Å². The van der Waals surface area contributed by atoms with Crippen LogP contribution in [0.4, 0.5) is 0 Å². The Labute approximate surface area is 96.7 Å². The van der Waals surface area contributed by atoms with Crippen LogP contribution in [0.25, 0.3) is 21.5 Å². The lowest BCUT2D eigenvalue weighted by atomic mass is 10.1. The van der Waals surface area contributed by atoms with Gasteiger partial charge in [-0.25, -0.2) is 0 Å². The predicted octanol–water partition coefficient (Wildman–Crippen LogP) is 3.30. The maximum Gasteiger partial charge on any atom is 0.118 e. The number of H-pyrrole nitrogens is 1. The number of methoxy groups -OCH3 is 1. The Morgan fingerprint density at radius 2 is 2.00 bits per heavy atom. The number of aromatic amines is 1. The Balaban J connectivity index is 2.12. The Morgan fingerprint density at radius 1 is 1.19 bits per heavy atom. The van der Waals surface area contributed by atoms with Crippen molar-refractivity contribution in [1.82, 2.24) is 10.2 Å². The number of rotatable bonds is 2. The summed E-state index contributed by atoms with van der Waals surface area (Å²) in [6.07, 6.45) is 0. The quantitative estimate of drug-likeness (QED) is 0.733. The smallest absolute Gasteiger partial charge is 0.118 e. The first-order valence-corrected chi connectivity index (χ1v) is 5.82. The number of fused-ring (bicyclic) bond motifs is 1. The van der Waals surface area contributed by atoms with Crippen LogP contribution in [0.2, 0.25) is 0 Å². The largest absolute Gasteiger partial charge is 0.497 e. The van der Waals surface area contributed by atoms with Gasteiger partial charge in [0.2, 0.25) is 0 Å². The van der Waals surface area contributed by atoms with Gasteiger partial charge in [-0.2, -0.15) is 5.10 Å². The Hall–Kier alpha value is -1.81. The van der Waals surface area contributed by atoms with Gasteiger partial charge in [-0.15, -0.1) is 11.3 Å². The van der Waals surface area contributed by atoms with Crippen LogP contribution in [0.15, 0.2) is 35.7 Å². The minimum absolute atomic E-state index is 0.863. The van der Waals surface area contributed by atoms with Gasteiger partial charge in [0.15, 0.2) is 0 Å². The van der Waals surface area contributed by atoms with E-state index in [1.165, 1.54) is 4.70 Å². The normalized spacial score (nSPS) is 10.8. The maximum atomic E-state index is 5.13. The highest BCUT2D eigenvalue weighted by Crippen LogP contribution is 2.30. The van der Waals surface area contributed by atoms with E-state index in [0.29, 0.717) is 0 Å². The van der Waals surface area contributed by atoms with Gasteiger partial charge in [0.05, 0.1) is 17.3 Å². The molecule has 1 N–H and O–H groups in total. The second kappa shape index (κ2) is 3.64. The van der Waals surface area contributed by atoms with Crippen LogP contribution in [0.1, 0.15) is 0 Å². The number of nitrogens with zero attached hydrogens (tertiary/aromatic N) is 1. The molecule has 0 saturated carbocycles. The Bertz CT molecular complexity index is 609. The molecule has 0 saturated heterocycles. The van der Waals surface area contributed by atoms with E-state index >= 15 is 0 Å². The summed E-state index contributed by atoms with van der Waals surface area (Å²) in [4.78, 5) is 0. The van der Waals surface area contributed by atoms with Gasteiger partial charge in [-0.1, -0.05) is 0 Å². The second-order valence-corrected chi connectivity index (χ2v) is 4.38. The first-order chi connectivity index (χ1) is 7.88. The van der Waals surface area contributed by atoms with E-state index in [0.717, 1.165) is 22.5 Å². The standard InChI is InChI=1S/C12H10N2OS/c1-15-9-4-2-8(3-5-9)11-12-10(13-14-11)6-7-16-12/h2-7H,1H3,(H,13,14). The highest BCUT2D eigenvalue weighted by molar-refractivity contribution is 7.17. The van der Waals surface area contributed by atoms with Crippen molar-refractivity contribution in [2.24, 2.45) is 0 Å². The molecule has 3 rings (SSSR count). The summed E-state index contributed by atoms with van der Waals surface area (Å²) in [7, 11) is 1.67. The number of benzene rings is 1. The molecule has 0 aliphatic heterocycles. The minimum atomic E-state index is 0.863. The minimum Gasteiger partial charge on any atom is -0.497 e. The van der Waals surface area contributed by atoms with Crippen molar-refractivity contribution >= 4 is 21.6 Å². The Morgan fingerprint density at radius 3 is 2.75 bits per heavy atom. The van der Waals surface area contributed by atoms with Gasteiger partial charge >= 0.3 is 0 Å². The number of hydrogen-bond donors (Lipinski definition) is 1. The van der Waals surface area contributed by atoms with E-state index in [-0.39, 0.29) is 0 Å². The maximum absolute atomic E-state index is 5.13. The van der Waals surface area contributed by atoms with Crippen molar-refractivity contribution in [3.63, 3.8) is 0 Å². The van der Waals surface area contributed by atoms with Gasteiger partial charge in [-0.05, 0) is 35.7 Å². The van der Waals surface area contributed by atoms with Crippen LogP contribution in [0.3, 0.4) is 0 Å². The fourth-order valence-electron chi connectivity index (χ4n) is 1.69. The van der Waals surface area contributed by atoms with Gasteiger partial charge in [-0.3, -0.25) is 5.10 Å². The molecular weight excluding hydrogens is 220 g/mol. The van der Waals surface area contributed by atoms with Crippen molar-refractivity contribution in [1.29, 1.82) is 0 Å². The van der Waals surface area contributed by atoms with Crippen LogP contribution < -0.4 is 4.74 Å². The van der Waals surface area contributed by atoms with E-state index < -0.39 is 0 Å².